The van der Waals surface area contributed by atoms with Crippen molar-refractivity contribution in [3.63, 3.8) is 0 Å². The van der Waals surface area contributed by atoms with Gasteiger partial charge in [0, 0.05) is 0 Å². The van der Waals surface area contributed by atoms with Crippen molar-refractivity contribution in [2.24, 2.45) is 52.2 Å². The van der Waals surface area contributed by atoms with Gasteiger partial charge in [-0.05, 0) is 74.0 Å². The maximum Gasteiger partial charge on any atom is 0.0912 e. The Morgan fingerprint density at radius 3 is 2.06 bits per heavy atom. The van der Waals surface area contributed by atoms with E-state index in [1.54, 1.807) is 0 Å². The molecule has 6 fully saturated rings. The van der Waals surface area contributed by atoms with E-state index in [-0.39, 0.29) is 12.4 Å². The molecule has 0 radical (unpaired) electrons. The highest BCUT2D eigenvalue weighted by molar-refractivity contribution is 5.85. The molecule has 0 saturated heterocycles. The van der Waals surface area contributed by atoms with Crippen molar-refractivity contribution in [3.05, 3.63) is 0 Å². The molecule has 6 aliphatic carbocycles. The monoisotopic (exact) mass is 252 g/mol. The van der Waals surface area contributed by atoms with Gasteiger partial charge in [-0.25, -0.2) is 0 Å². The van der Waals surface area contributed by atoms with Crippen molar-refractivity contribution in [2.75, 3.05) is 0 Å². The second-order valence-electron chi connectivity index (χ2n) is 7.02. The van der Waals surface area contributed by atoms with Gasteiger partial charge in [0.1, 0.15) is 0 Å². The molecule has 94 valence electrons. The van der Waals surface area contributed by atoms with E-state index in [0.29, 0.717) is 5.54 Å². The van der Waals surface area contributed by atoms with Crippen LogP contribution in [0.1, 0.15) is 32.6 Å². The quantitative estimate of drug-likeness (QED) is 0.565. The maximum absolute atomic E-state index is 5.95. The molecule has 0 heterocycles. The molecule has 6 rings (SSSR count). The molecule has 0 spiro atoms. The molecule has 6 aliphatic rings. The topological polar surface area (TPSA) is 38.4 Å². The molecule has 0 amide bonds. The van der Waals surface area contributed by atoms with E-state index in [1.807, 2.05) is 6.92 Å². The normalized spacial score (nSPS) is 64.8. The molecular weight excluding hydrogens is 232 g/mol. The summed E-state index contributed by atoms with van der Waals surface area (Å²) in [5.74, 6) is 7.94. The molecule has 0 aromatic rings. The summed E-state index contributed by atoms with van der Waals surface area (Å²) in [7, 11) is 0. The highest BCUT2D eigenvalue weighted by Gasteiger charge is 2.84. The molecule has 0 aliphatic heterocycles. The Balaban J connectivity index is 0.000000800. The van der Waals surface area contributed by atoms with Gasteiger partial charge < -0.3 is 5.73 Å². The van der Waals surface area contributed by atoms with Crippen molar-refractivity contribution < 1.29 is 0 Å². The van der Waals surface area contributed by atoms with Crippen LogP contribution in [0, 0.1) is 41.4 Å². The number of hydrogen-bond donors (Lipinski definition) is 1. The van der Waals surface area contributed by atoms with Gasteiger partial charge >= 0.3 is 0 Å². The van der Waals surface area contributed by atoms with Gasteiger partial charge in [-0.2, -0.15) is 0 Å². The molecule has 3 heteroatoms. The van der Waals surface area contributed by atoms with E-state index in [2.05, 4.69) is 0 Å². The third-order valence-corrected chi connectivity index (χ3v) is 7.00. The third kappa shape index (κ3) is 0.808. The summed E-state index contributed by atoms with van der Waals surface area (Å²) in [4.78, 5) is 5.05. The first-order chi connectivity index (χ1) is 7.75. The molecule has 8 bridgehead atoms. The zero-order valence-electron chi connectivity index (χ0n) is 10.3. The standard InChI is InChI=1S/C14H20N2.ClH/c1-6(15)16-14-9-4-2-7-11(9)12-8(13(7)14)3-5-10(12)14;/h7-13H,2-5H2,1H3,(H2,15,16);1H/t7-,8+,9+,10-,11-,12+,13?,14?;. The number of aliphatic imine (C=N–C) groups is 1. The van der Waals surface area contributed by atoms with E-state index >= 15 is 0 Å². The van der Waals surface area contributed by atoms with Crippen molar-refractivity contribution in [1.82, 2.24) is 0 Å². The van der Waals surface area contributed by atoms with Gasteiger partial charge in [0.15, 0.2) is 0 Å². The Hall–Kier alpha value is -0.240. The summed E-state index contributed by atoms with van der Waals surface area (Å²) < 4.78 is 0. The lowest BCUT2D eigenvalue weighted by molar-refractivity contribution is 0.109. The number of rotatable bonds is 1. The fourth-order valence-corrected chi connectivity index (χ4v) is 7.45. The van der Waals surface area contributed by atoms with Crippen LogP contribution in [0.3, 0.4) is 0 Å². The number of nitrogens with two attached hydrogens (primary N) is 1. The van der Waals surface area contributed by atoms with E-state index in [4.69, 9.17) is 10.7 Å². The predicted octanol–water partition coefficient (Wildman–Crippen LogP) is 2.47. The van der Waals surface area contributed by atoms with Crippen molar-refractivity contribution in [3.8, 4) is 0 Å². The van der Waals surface area contributed by atoms with Gasteiger partial charge in [0.2, 0.25) is 0 Å². The van der Waals surface area contributed by atoms with Gasteiger partial charge in [-0.15, -0.1) is 12.4 Å². The Bertz CT molecular complexity index is 388. The lowest BCUT2D eigenvalue weighted by Gasteiger charge is -2.44. The summed E-state index contributed by atoms with van der Waals surface area (Å²) in [6.07, 6.45) is 5.95. The number of nitrogens with zero attached hydrogens (tertiary/aromatic N) is 1. The predicted molar refractivity (Wildman–Crippen MR) is 70.2 cm³/mol. The van der Waals surface area contributed by atoms with E-state index in [9.17, 15) is 0 Å². The van der Waals surface area contributed by atoms with E-state index in [1.165, 1.54) is 25.7 Å². The van der Waals surface area contributed by atoms with Crippen molar-refractivity contribution in [2.45, 2.75) is 38.1 Å². The lowest BCUT2D eigenvalue weighted by atomic mass is 9.65. The SMILES string of the molecule is CC(N)=NC12C3[C@H]4CC[C@@H]1[C@H]4[C@@H]1[C@H]3CC[C@@H]12.Cl. The summed E-state index contributed by atoms with van der Waals surface area (Å²) in [5.41, 5.74) is 6.31. The number of hydrogen-bond acceptors (Lipinski definition) is 1. The fraction of sp³-hybridized carbons (Fsp3) is 0.929. The van der Waals surface area contributed by atoms with Gasteiger partial charge in [0.25, 0.3) is 0 Å². The van der Waals surface area contributed by atoms with Crippen LogP contribution in [0.2, 0.25) is 0 Å². The average Bonchev–Trinajstić information content (AvgIpc) is 2.95. The van der Waals surface area contributed by atoms with E-state index in [0.717, 1.165) is 47.3 Å². The van der Waals surface area contributed by atoms with Crippen LogP contribution in [0.5, 0.6) is 0 Å². The van der Waals surface area contributed by atoms with Crippen molar-refractivity contribution >= 4 is 18.2 Å². The van der Waals surface area contributed by atoms with Gasteiger partial charge in [-0.1, -0.05) is 0 Å². The summed E-state index contributed by atoms with van der Waals surface area (Å²) >= 11 is 0. The average molecular weight is 253 g/mol. The highest BCUT2D eigenvalue weighted by atomic mass is 35.5. The van der Waals surface area contributed by atoms with Gasteiger partial charge in [0.05, 0.1) is 11.4 Å². The summed E-state index contributed by atoms with van der Waals surface area (Å²) in [5, 5.41) is 0. The summed E-state index contributed by atoms with van der Waals surface area (Å²) in [6, 6.07) is 0. The second kappa shape index (κ2) is 2.84. The summed E-state index contributed by atoms with van der Waals surface area (Å²) in [6.45, 7) is 2.00. The van der Waals surface area contributed by atoms with Crippen LogP contribution >= 0.6 is 12.4 Å². The number of halogens is 1. The smallest absolute Gasteiger partial charge is 0.0912 e. The Kier molecular flexibility index (Phi) is 1.78. The Labute approximate surface area is 109 Å². The molecule has 0 aromatic heterocycles. The third-order valence-electron chi connectivity index (χ3n) is 7.00. The fourth-order valence-electron chi connectivity index (χ4n) is 7.45. The largest absolute Gasteiger partial charge is 0.388 e. The first-order valence-electron chi connectivity index (χ1n) is 7.07. The molecule has 2 N–H and O–H groups in total. The minimum Gasteiger partial charge on any atom is -0.388 e. The van der Waals surface area contributed by atoms with Crippen LogP contribution in [0.4, 0.5) is 0 Å². The van der Waals surface area contributed by atoms with E-state index < -0.39 is 0 Å². The first kappa shape index (κ1) is 10.7. The van der Waals surface area contributed by atoms with Crippen LogP contribution in [-0.2, 0) is 0 Å². The molecule has 2 unspecified atom stereocenters. The second-order valence-corrected chi connectivity index (χ2v) is 7.02. The first-order valence-corrected chi connectivity index (χ1v) is 7.07. The van der Waals surface area contributed by atoms with Crippen molar-refractivity contribution in [1.29, 1.82) is 0 Å². The molecule has 8 atom stereocenters. The minimum atomic E-state index is 0. The van der Waals surface area contributed by atoms with Crippen LogP contribution < -0.4 is 5.73 Å². The molecular formula is C14H21ClN2. The van der Waals surface area contributed by atoms with Crippen LogP contribution in [0.25, 0.3) is 0 Å². The lowest BCUT2D eigenvalue weighted by Crippen LogP contribution is -2.47. The zero-order valence-corrected chi connectivity index (χ0v) is 11.1. The molecule has 17 heavy (non-hydrogen) atoms. The molecule has 6 saturated carbocycles. The molecule has 0 aromatic carbocycles. The van der Waals surface area contributed by atoms with Gasteiger partial charge in [-0.3, -0.25) is 4.99 Å². The Morgan fingerprint density at radius 1 is 1.06 bits per heavy atom. The van der Waals surface area contributed by atoms with Crippen LogP contribution in [0.15, 0.2) is 4.99 Å². The molecule has 2 nitrogen and oxygen atoms in total. The maximum atomic E-state index is 5.95. The van der Waals surface area contributed by atoms with Crippen LogP contribution in [-0.4, -0.2) is 11.4 Å². The Morgan fingerprint density at radius 2 is 1.59 bits per heavy atom. The highest BCUT2D eigenvalue weighted by Crippen LogP contribution is 2.84. The number of amidine groups is 1. The zero-order chi connectivity index (χ0) is 10.7. The minimum absolute atomic E-state index is 0.